The van der Waals surface area contributed by atoms with Gasteiger partial charge in [-0.05, 0) is 50.2 Å². The summed E-state index contributed by atoms with van der Waals surface area (Å²) in [6, 6.07) is 8.14. The number of hydrogen-bond donors (Lipinski definition) is 1. The van der Waals surface area contributed by atoms with Gasteiger partial charge in [-0.15, -0.1) is 0 Å². The average molecular weight is 263 g/mol. The zero-order valence-corrected chi connectivity index (χ0v) is 11.7. The predicted octanol–water partition coefficient (Wildman–Crippen LogP) is 1.85. The van der Waals surface area contributed by atoms with Crippen LogP contribution in [-0.2, 0) is 0 Å². The maximum Gasteiger partial charge on any atom is 0.103 e. The molecule has 0 radical (unpaired) electrons. The second kappa shape index (κ2) is 6.16. The zero-order valence-electron chi connectivity index (χ0n) is 10.9. The van der Waals surface area contributed by atoms with Gasteiger partial charge in [0.05, 0.1) is 0 Å². The van der Waals surface area contributed by atoms with Crippen LogP contribution in [0.4, 0.5) is 5.69 Å². The Bertz CT molecular complexity index is 396. The van der Waals surface area contributed by atoms with E-state index in [-0.39, 0.29) is 0 Å². The third kappa shape index (κ3) is 3.43. The number of thiocarbonyl (C=S) groups is 1. The van der Waals surface area contributed by atoms with Crippen LogP contribution < -0.4 is 10.6 Å². The Morgan fingerprint density at radius 3 is 2.44 bits per heavy atom. The minimum Gasteiger partial charge on any atom is -0.389 e. The molecule has 2 N–H and O–H groups in total. The van der Waals surface area contributed by atoms with Crippen molar-refractivity contribution in [2.75, 3.05) is 38.1 Å². The standard InChI is InChI=1S/C14H21N3S/c1-16(10-11-17-8-2-3-9-17)13-6-4-12(5-7-13)14(15)18/h4-7H,2-3,8-11H2,1H3,(H2,15,18). The van der Waals surface area contributed by atoms with E-state index in [0.717, 1.165) is 18.7 Å². The summed E-state index contributed by atoms with van der Waals surface area (Å²) in [5.74, 6) is 0. The van der Waals surface area contributed by atoms with Crippen molar-refractivity contribution >= 4 is 22.9 Å². The molecule has 0 amide bonds. The van der Waals surface area contributed by atoms with E-state index >= 15 is 0 Å². The molecule has 0 atom stereocenters. The highest BCUT2D eigenvalue weighted by atomic mass is 32.1. The molecule has 1 aromatic carbocycles. The van der Waals surface area contributed by atoms with Crippen LogP contribution in [0.25, 0.3) is 0 Å². The molecule has 0 saturated carbocycles. The van der Waals surface area contributed by atoms with E-state index < -0.39 is 0 Å². The highest BCUT2D eigenvalue weighted by Crippen LogP contribution is 2.14. The Hall–Kier alpha value is -1.13. The highest BCUT2D eigenvalue weighted by Gasteiger charge is 2.11. The molecular formula is C14H21N3S. The summed E-state index contributed by atoms with van der Waals surface area (Å²) in [4.78, 5) is 5.27. The lowest BCUT2D eigenvalue weighted by atomic mass is 10.2. The van der Waals surface area contributed by atoms with Gasteiger partial charge in [0.25, 0.3) is 0 Å². The molecule has 2 rings (SSSR count). The summed E-state index contributed by atoms with van der Waals surface area (Å²) in [6.45, 7) is 4.72. The Morgan fingerprint density at radius 1 is 1.28 bits per heavy atom. The van der Waals surface area contributed by atoms with Gasteiger partial charge < -0.3 is 15.5 Å². The van der Waals surface area contributed by atoms with Gasteiger partial charge in [-0.25, -0.2) is 0 Å². The fourth-order valence-corrected chi connectivity index (χ4v) is 2.44. The number of hydrogen-bond acceptors (Lipinski definition) is 3. The summed E-state index contributed by atoms with van der Waals surface area (Å²) in [5, 5.41) is 0. The second-order valence-electron chi connectivity index (χ2n) is 4.88. The number of nitrogens with zero attached hydrogens (tertiary/aromatic N) is 2. The number of rotatable bonds is 5. The number of nitrogens with two attached hydrogens (primary N) is 1. The summed E-state index contributed by atoms with van der Waals surface area (Å²) in [7, 11) is 2.13. The lowest BCUT2D eigenvalue weighted by Crippen LogP contribution is -2.31. The SMILES string of the molecule is CN(CCN1CCCC1)c1ccc(C(N)=S)cc1. The quantitative estimate of drug-likeness (QED) is 0.822. The molecule has 1 fully saturated rings. The molecule has 0 aliphatic carbocycles. The van der Waals surface area contributed by atoms with Crippen molar-refractivity contribution in [2.45, 2.75) is 12.8 Å². The van der Waals surface area contributed by atoms with Crippen molar-refractivity contribution in [3.63, 3.8) is 0 Å². The molecule has 1 saturated heterocycles. The second-order valence-corrected chi connectivity index (χ2v) is 5.32. The van der Waals surface area contributed by atoms with Gasteiger partial charge in [0.15, 0.2) is 0 Å². The van der Waals surface area contributed by atoms with Crippen LogP contribution in [0, 0.1) is 0 Å². The Labute approximate surface area is 115 Å². The van der Waals surface area contributed by atoms with E-state index in [1.807, 2.05) is 12.1 Å². The molecule has 0 spiro atoms. The monoisotopic (exact) mass is 263 g/mol. The molecule has 1 aliphatic rings. The molecule has 4 heteroatoms. The van der Waals surface area contributed by atoms with E-state index in [1.54, 1.807) is 0 Å². The first-order valence-electron chi connectivity index (χ1n) is 6.50. The Kier molecular flexibility index (Phi) is 4.55. The first-order chi connectivity index (χ1) is 8.66. The van der Waals surface area contributed by atoms with Crippen LogP contribution in [0.3, 0.4) is 0 Å². The minimum absolute atomic E-state index is 0.460. The Balaban J connectivity index is 1.87. The number of likely N-dealkylation sites (N-methyl/N-ethyl adjacent to an activating group) is 1. The van der Waals surface area contributed by atoms with E-state index in [1.165, 1.54) is 31.6 Å². The molecule has 0 aromatic heterocycles. The van der Waals surface area contributed by atoms with E-state index in [2.05, 4.69) is 29.0 Å². The first-order valence-corrected chi connectivity index (χ1v) is 6.91. The van der Waals surface area contributed by atoms with Crippen LogP contribution in [0.1, 0.15) is 18.4 Å². The van der Waals surface area contributed by atoms with Gasteiger partial charge in [-0.2, -0.15) is 0 Å². The smallest absolute Gasteiger partial charge is 0.103 e. The molecule has 1 aliphatic heterocycles. The maximum absolute atomic E-state index is 5.59. The van der Waals surface area contributed by atoms with Crippen LogP contribution in [0.15, 0.2) is 24.3 Å². The van der Waals surface area contributed by atoms with Crippen molar-refractivity contribution in [2.24, 2.45) is 5.73 Å². The zero-order chi connectivity index (χ0) is 13.0. The van der Waals surface area contributed by atoms with Gasteiger partial charge in [0.2, 0.25) is 0 Å². The molecule has 0 unspecified atom stereocenters. The first kappa shape index (κ1) is 13.3. The van der Waals surface area contributed by atoms with Crippen molar-refractivity contribution in [3.05, 3.63) is 29.8 Å². The van der Waals surface area contributed by atoms with Crippen molar-refractivity contribution in [3.8, 4) is 0 Å². The fourth-order valence-electron chi connectivity index (χ4n) is 2.31. The molecule has 1 heterocycles. The summed E-state index contributed by atoms with van der Waals surface area (Å²) in [6.07, 6.45) is 2.71. The Morgan fingerprint density at radius 2 is 1.89 bits per heavy atom. The highest BCUT2D eigenvalue weighted by molar-refractivity contribution is 7.80. The maximum atomic E-state index is 5.59. The topological polar surface area (TPSA) is 32.5 Å². The van der Waals surface area contributed by atoms with E-state index in [9.17, 15) is 0 Å². The predicted molar refractivity (Wildman–Crippen MR) is 81.3 cm³/mol. The summed E-state index contributed by atoms with van der Waals surface area (Å²) >= 11 is 4.95. The number of likely N-dealkylation sites (tertiary alicyclic amines) is 1. The average Bonchev–Trinajstić information content (AvgIpc) is 2.89. The van der Waals surface area contributed by atoms with E-state index in [0.29, 0.717) is 4.99 Å². The molecule has 18 heavy (non-hydrogen) atoms. The van der Waals surface area contributed by atoms with Crippen molar-refractivity contribution < 1.29 is 0 Å². The van der Waals surface area contributed by atoms with Gasteiger partial charge in [0, 0.05) is 31.4 Å². The van der Waals surface area contributed by atoms with Crippen LogP contribution in [0.2, 0.25) is 0 Å². The minimum atomic E-state index is 0.460. The summed E-state index contributed by atoms with van der Waals surface area (Å²) < 4.78 is 0. The fraction of sp³-hybridized carbons (Fsp3) is 0.500. The van der Waals surface area contributed by atoms with E-state index in [4.69, 9.17) is 18.0 Å². The molecule has 0 bridgehead atoms. The third-order valence-corrected chi connectivity index (χ3v) is 3.78. The summed E-state index contributed by atoms with van der Waals surface area (Å²) in [5.41, 5.74) is 7.74. The van der Waals surface area contributed by atoms with Gasteiger partial charge in [-0.1, -0.05) is 12.2 Å². The van der Waals surface area contributed by atoms with Crippen LogP contribution in [-0.4, -0.2) is 43.1 Å². The van der Waals surface area contributed by atoms with Gasteiger partial charge in [0.1, 0.15) is 4.99 Å². The lowest BCUT2D eigenvalue weighted by molar-refractivity contribution is 0.346. The van der Waals surface area contributed by atoms with Crippen molar-refractivity contribution in [1.29, 1.82) is 0 Å². The van der Waals surface area contributed by atoms with Gasteiger partial charge in [-0.3, -0.25) is 0 Å². The van der Waals surface area contributed by atoms with Crippen LogP contribution >= 0.6 is 12.2 Å². The normalized spacial score (nSPS) is 15.8. The molecule has 3 nitrogen and oxygen atoms in total. The molecular weight excluding hydrogens is 242 g/mol. The number of benzene rings is 1. The molecule has 98 valence electrons. The largest absolute Gasteiger partial charge is 0.389 e. The lowest BCUT2D eigenvalue weighted by Gasteiger charge is -2.23. The number of anilines is 1. The molecule has 1 aromatic rings. The van der Waals surface area contributed by atoms with Gasteiger partial charge >= 0.3 is 0 Å². The van der Waals surface area contributed by atoms with Crippen molar-refractivity contribution in [1.82, 2.24) is 4.90 Å². The van der Waals surface area contributed by atoms with Crippen LogP contribution in [0.5, 0.6) is 0 Å². The third-order valence-electron chi connectivity index (χ3n) is 3.54.